The van der Waals surface area contributed by atoms with E-state index in [-0.39, 0.29) is 11.9 Å². The average Bonchev–Trinajstić information content (AvgIpc) is 2.97. The predicted molar refractivity (Wildman–Crippen MR) is 89.8 cm³/mol. The largest absolute Gasteiger partial charge is 0.489 e. The number of carbonyl (C=O) groups excluding carboxylic acids is 1. The van der Waals surface area contributed by atoms with Gasteiger partial charge in [0.05, 0.1) is 0 Å². The van der Waals surface area contributed by atoms with E-state index in [0.29, 0.717) is 13.2 Å². The molecule has 0 spiro atoms. The molecule has 4 rings (SSSR count). The highest BCUT2D eigenvalue weighted by Gasteiger charge is 2.24. The van der Waals surface area contributed by atoms with Crippen molar-refractivity contribution in [3.8, 4) is 5.75 Å². The normalized spacial score (nSPS) is 16.9. The molecule has 1 aromatic heterocycles. The van der Waals surface area contributed by atoms with Crippen molar-refractivity contribution in [1.29, 1.82) is 0 Å². The van der Waals surface area contributed by atoms with Crippen LogP contribution in [0.1, 0.15) is 29.0 Å². The fraction of sp³-hybridized carbons (Fsp3) is 0.211. The Bertz CT molecular complexity index is 868. The number of nitrogens with one attached hydrogen (secondary N) is 1. The van der Waals surface area contributed by atoms with Gasteiger partial charge in [-0.05, 0) is 36.8 Å². The summed E-state index contributed by atoms with van der Waals surface area (Å²) in [6, 6.07) is 18.3. The Labute approximate surface area is 134 Å². The lowest BCUT2D eigenvalue weighted by Gasteiger charge is -2.24. The highest BCUT2D eigenvalue weighted by molar-refractivity contribution is 6.00. The first kappa shape index (κ1) is 13.9. The monoisotopic (exact) mass is 306 g/mol. The van der Waals surface area contributed by atoms with Gasteiger partial charge in [0, 0.05) is 23.5 Å². The minimum Gasteiger partial charge on any atom is -0.489 e. The van der Waals surface area contributed by atoms with Gasteiger partial charge in [-0.15, -0.1) is 0 Å². The number of aromatic nitrogens is 1. The third-order valence-corrected chi connectivity index (χ3v) is 4.29. The van der Waals surface area contributed by atoms with Crippen LogP contribution >= 0.6 is 0 Å². The molecule has 1 N–H and O–H groups in total. The molecular formula is C19H18N2O2. The van der Waals surface area contributed by atoms with E-state index in [4.69, 9.17) is 4.74 Å². The van der Waals surface area contributed by atoms with Gasteiger partial charge in [-0.3, -0.25) is 4.79 Å². The molecule has 1 amide bonds. The van der Waals surface area contributed by atoms with Crippen LogP contribution in [0.25, 0.3) is 10.9 Å². The molecule has 1 atom stereocenters. The molecule has 3 aromatic rings. The second kappa shape index (κ2) is 5.47. The highest BCUT2D eigenvalue weighted by Crippen LogP contribution is 2.29. The van der Waals surface area contributed by atoms with Crippen molar-refractivity contribution in [2.24, 2.45) is 0 Å². The van der Waals surface area contributed by atoms with Gasteiger partial charge >= 0.3 is 0 Å². The molecule has 1 unspecified atom stereocenters. The topological polar surface area (TPSA) is 43.3 Å². The van der Waals surface area contributed by atoms with Crippen LogP contribution < -0.4 is 10.1 Å². The Morgan fingerprint density at radius 1 is 1.17 bits per heavy atom. The molecular weight excluding hydrogens is 288 g/mol. The van der Waals surface area contributed by atoms with Crippen molar-refractivity contribution in [3.63, 3.8) is 0 Å². The van der Waals surface area contributed by atoms with E-state index in [9.17, 15) is 4.79 Å². The van der Waals surface area contributed by atoms with E-state index in [0.717, 1.165) is 27.9 Å². The molecule has 4 nitrogen and oxygen atoms in total. The number of fused-ring (bicyclic) bond motifs is 3. The number of carbonyl (C=O) groups is 1. The minimum atomic E-state index is -0.00828. The van der Waals surface area contributed by atoms with Gasteiger partial charge in [-0.1, -0.05) is 30.3 Å². The SMILES string of the molecule is CC1CNC(=O)c2cc3cc(OCc4ccccc4)ccc3n21. The molecule has 23 heavy (non-hydrogen) atoms. The van der Waals surface area contributed by atoms with Gasteiger partial charge in [0.2, 0.25) is 0 Å². The van der Waals surface area contributed by atoms with Crippen LogP contribution in [-0.4, -0.2) is 17.0 Å². The van der Waals surface area contributed by atoms with Crippen molar-refractivity contribution < 1.29 is 9.53 Å². The second-order valence-electron chi connectivity index (χ2n) is 5.95. The van der Waals surface area contributed by atoms with E-state index in [1.807, 2.05) is 54.6 Å². The quantitative estimate of drug-likeness (QED) is 0.804. The molecule has 2 heterocycles. The maximum Gasteiger partial charge on any atom is 0.268 e. The first-order valence-electron chi connectivity index (χ1n) is 7.82. The first-order chi connectivity index (χ1) is 11.2. The van der Waals surface area contributed by atoms with Crippen LogP contribution in [0.5, 0.6) is 5.75 Å². The van der Waals surface area contributed by atoms with Crippen LogP contribution in [0.3, 0.4) is 0 Å². The lowest BCUT2D eigenvalue weighted by Crippen LogP contribution is -2.37. The summed E-state index contributed by atoms with van der Waals surface area (Å²) in [5, 5.41) is 3.96. The maximum absolute atomic E-state index is 12.0. The van der Waals surface area contributed by atoms with Gasteiger partial charge in [0.25, 0.3) is 5.91 Å². The van der Waals surface area contributed by atoms with Gasteiger partial charge in [0.1, 0.15) is 18.1 Å². The third kappa shape index (κ3) is 2.46. The zero-order valence-electron chi connectivity index (χ0n) is 13.0. The summed E-state index contributed by atoms with van der Waals surface area (Å²) in [7, 11) is 0. The number of ether oxygens (including phenoxy) is 1. The summed E-state index contributed by atoms with van der Waals surface area (Å²) in [4.78, 5) is 12.0. The molecule has 2 aromatic carbocycles. The zero-order chi connectivity index (χ0) is 15.8. The molecule has 0 aliphatic carbocycles. The smallest absolute Gasteiger partial charge is 0.268 e. The summed E-state index contributed by atoms with van der Waals surface area (Å²) in [6.07, 6.45) is 0. The average molecular weight is 306 g/mol. The lowest BCUT2D eigenvalue weighted by molar-refractivity contribution is 0.0919. The number of rotatable bonds is 3. The fourth-order valence-electron chi connectivity index (χ4n) is 3.12. The number of hydrogen-bond acceptors (Lipinski definition) is 2. The molecule has 0 radical (unpaired) electrons. The van der Waals surface area contributed by atoms with Crippen LogP contribution in [0, 0.1) is 0 Å². The maximum atomic E-state index is 12.0. The highest BCUT2D eigenvalue weighted by atomic mass is 16.5. The number of benzene rings is 2. The van der Waals surface area contributed by atoms with Crippen molar-refractivity contribution >= 4 is 16.8 Å². The third-order valence-electron chi connectivity index (χ3n) is 4.29. The van der Waals surface area contributed by atoms with Crippen LogP contribution in [0.2, 0.25) is 0 Å². The molecule has 0 bridgehead atoms. The molecule has 0 fully saturated rings. The van der Waals surface area contributed by atoms with Gasteiger partial charge < -0.3 is 14.6 Å². The van der Waals surface area contributed by atoms with E-state index in [2.05, 4.69) is 16.8 Å². The van der Waals surface area contributed by atoms with Gasteiger partial charge in [-0.25, -0.2) is 0 Å². The van der Waals surface area contributed by atoms with Crippen LogP contribution in [0.15, 0.2) is 54.6 Å². The van der Waals surface area contributed by atoms with Gasteiger partial charge in [0.15, 0.2) is 0 Å². The van der Waals surface area contributed by atoms with Crippen LogP contribution in [0.4, 0.5) is 0 Å². The fourth-order valence-corrected chi connectivity index (χ4v) is 3.12. The first-order valence-corrected chi connectivity index (χ1v) is 7.82. The summed E-state index contributed by atoms with van der Waals surface area (Å²) in [6.45, 7) is 3.32. The Morgan fingerprint density at radius 3 is 2.83 bits per heavy atom. The number of hydrogen-bond donors (Lipinski definition) is 1. The molecule has 4 heteroatoms. The lowest BCUT2D eigenvalue weighted by atomic mass is 10.2. The zero-order valence-corrected chi connectivity index (χ0v) is 13.0. The van der Waals surface area contributed by atoms with Crippen LogP contribution in [-0.2, 0) is 6.61 Å². The molecule has 0 saturated carbocycles. The summed E-state index contributed by atoms with van der Waals surface area (Å²) in [5.41, 5.74) is 2.94. The minimum absolute atomic E-state index is 0.00828. The second-order valence-corrected chi connectivity index (χ2v) is 5.95. The van der Waals surface area contributed by atoms with E-state index < -0.39 is 0 Å². The number of nitrogens with zero attached hydrogens (tertiary/aromatic N) is 1. The van der Waals surface area contributed by atoms with E-state index in [1.165, 1.54) is 0 Å². The standard InChI is InChI=1S/C19H18N2O2/c1-13-11-20-19(22)18-10-15-9-16(7-8-17(15)21(13)18)23-12-14-5-3-2-4-6-14/h2-10,13H,11-12H2,1H3,(H,20,22). The Balaban J connectivity index is 1.65. The van der Waals surface area contributed by atoms with E-state index >= 15 is 0 Å². The summed E-state index contributed by atoms with van der Waals surface area (Å²) >= 11 is 0. The predicted octanol–water partition coefficient (Wildman–Crippen LogP) is 3.52. The van der Waals surface area contributed by atoms with Crippen molar-refractivity contribution in [3.05, 3.63) is 65.9 Å². The van der Waals surface area contributed by atoms with Crippen molar-refractivity contribution in [2.75, 3.05) is 6.54 Å². The Hall–Kier alpha value is -2.75. The molecule has 1 aliphatic heterocycles. The summed E-state index contributed by atoms with van der Waals surface area (Å²) in [5.74, 6) is 0.809. The van der Waals surface area contributed by atoms with Crippen molar-refractivity contribution in [2.45, 2.75) is 19.6 Å². The van der Waals surface area contributed by atoms with Crippen molar-refractivity contribution in [1.82, 2.24) is 9.88 Å². The molecule has 116 valence electrons. The Kier molecular flexibility index (Phi) is 3.30. The molecule has 0 saturated heterocycles. The van der Waals surface area contributed by atoms with E-state index in [1.54, 1.807) is 0 Å². The van der Waals surface area contributed by atoms with Gasteiger partial charge in [-0.2, -0.15) is 0 Å². The Morgan fingerprint density at radius 2 is 2.00 bits per heavy atom. The number of amides is 1. The molecule has 1 aliphatic rings. The summed E-state index contributed by atoms with van der Waals surface area (Å²) < 4.78 is 7.98.